The van der Waals surface area contributed by atoms with Crippen LogP contribution < -0.4 is 4.74 Å². The summed E-state index contributed by atoms with van der Waals surface area (Å²) in [4.78, 5) is 0. The zero-order chi connectivity index (χ0) is 18.1. The maximum atomic E-state index is 5.30. The second kappa shape index (κ2) is 10.9. The number of benzene rings is 2. The van der Waals surface area contributed by atoms with Crippen molar-refractivity contribution in [3.8, 4) is 5.75 Å². The van der Waals surface area contributed by atoms with Gasteiger partial charge >= 0.3 is 0 Å². The predicted octanol–water partition coefficient (Wildman–Crippen LogP) is 7.42. The average molecular weight is 456 g/mol. The second-order valence-electron chi connectivity index (χ2n) is 6.39. The first-order valence-corrected chi connectivity index (χ1v) is 10.5. The zero-order valence-electron chi connectivity index (χ0n) is 15.3. The second-order valence-corrected chi connectivity index (χ2v) is 7.51. The van der Waals surface area contributed by atoms with E-state index in [1.165, 1.54) is 22.3 Å². The van der Waals surface area contributed by atoms with Crippen molar-refractivity contribution in [2.24, 2.45) is 0 Å². The molecule has 0 atom stereocenters. The third-order valence-electron chi connectivity index (χ3n) is 3.92. The number of ether oxygens (including phenoxy) is 1. The van der Waals surface area contributed by atoms with Crippen molar-refractivity contribution in [2.45, 2.75) is 50.2 Å². The summed E-state index contributed by atoms with van der Waals surface area (Å²) in [5.74, 6) is 2.17. The summed E-state index contributed by atoms with van der Waals surface area (Å²) in [5, 5.41) is 1.79. The Bertz CT molecular complexity index is 604. The molecule has 0 amide bonds. The monoisotopic (exact) mass is 454 g/mol. The van der Waals surface area contributed by atoms with Gasteiger partial charge in [-0.15, -0.1) is 0 Å². The number of hydrogen-bond donors (Lipinski definition) is 0. The lowest BCUT2D eigenvalue weighted by atomic mass is 10.0. The van der Waals surface area contributed by atoms with Crippen molar-refractivity contribution in [1.82, 2.24) is 0 Å². The van der Waals surface area contributed by atoms with Gasteiger partial charge in [-0.3, -0.25) is 0 Å². The van der Waals surface area contributed by atoms with E-state index in [0.717, 1.165) is 16.4 Å². The summed E-state index contributed by atoms with van der Waals surface area (Å²) in [7, 11) is 1.71. The predicted molar refractivity (Wildman–Crippen MR) is 113 cm³/mol. The van der Waals surface area contributed by atoms with Crippen LogP contribution in [-0.2, 0) is 10.7 Å². The van der Waals surface area contributed by atoms with Crippen molar-refractivity contribution in [2.75, 3.05) is 7.11 Å². The lowest BCUT2D eigenvalue weighted by molar-refractivity contribution is 0.410. The summed E-state index contributed by atoms with van der Waals surface area (Å²) in [5.41, 5.74) is 5.28. The Labute approximate surface area is 164 Å². The van der Waals surface area contributed by atoms with Gasteiger partial charge in [0.1, 0.15) is 5.75 Å². The number of alkyl halides is 2. The van der Waals surface area contributed by atoms with E-state index in [4.69, 9.17) is 4.74 Å². The molecule has 3 heteroatoms. The molecule has 0 heterocycles. The zero-order valence-corrected chi connectivity index (χ0v) is 18.4. The molecule has 0 saturated carbocycles. The van der Waals surface area contributed by atoms with Crippen molar-refractivity contribution in [3.05, 3.63) is 64.7 Å². The molecule has 132 valence electrons. The van der Waals surface area contributed by atoms with Gasteiger partial charge < -0.3 is 4.74 Å². The van der Waals surface area contributed by atoms with E-state index in [-0.39, 0.29) is 0 Å². The van der Waals surface area contributed by atoms with Gasteiger partial charge in [0, 0.05) is 16.2 Å². The minimum absolute atomic E-state index is 0.554. The number of halogens is 2. The van der Waals surface area contributed by atoms with Gasteiger partial charge in [-0.2, -0.15) is 0 Å². The highest BCUT2D eigenvalue weighted by atomic mass is 79.9. The molecule has 1 nitrogen and oxygen atoms in total. The van der Waals surface area contributed by atoms with Crippen molar-refractivity contribution >= 4 is 31.9 Å². The van der Waals surface area contributed by atoms with Crippen LogP contribution in [0.4, 0.5) is 0 Å². The van der Waals surface area contributed by atoms with E-state index >= 15 is 0 Å². The molecular formula is C21H28Br2O. The van der Waals surface area contributed by atoms with Crippen molar-refractivity contribution < 1.29 is 4.74 Å². The Morgan fingerprint density at radius 3 is 1.75 bits per heavy atom. The highest BCUT2D eigenvalue weighted by molar-refractivity contribution is 9.08. The van der Waals surface area contributed by atoms with E-state index in [1.54, 1.807) is 7.11 Å². The molecule has 2 aromatic rings. The van der Waals surface area contributed by atoms with Crippen LogP contribution in [0.2, 0.25) is 0 Å². The lowest BCUT2D eigenvalue weighted by Crippen LogP contribution is -1.93. The summed E-state index contributed by atoms with van der Waals surface area (Å²) < 4.78 is 5.30. The summed E-state index contributed by atoms with van der Waals surface area (Å²) >= 11 is 6.85. The topological polar surface area (TPSA) is 9.23 Å². The largest absolute Gasteiger partial charge is 0.496 e. The SMILES string of the molecule is CC(C)c1ccc(CBr)cc1.COc1cc(C(C)C)ccc1CBr. The molecule has 0 aromatic heterocycles. The van der Waals surface area contributed by atoms with E-state index in [1.807, 2.05) is 0 Å². The standard InChI is InChI=1S/C11H15BrO.C10H13Br/c1-8(2)9-4-5-10(7-12)11(6-9)13-3;1-8(2)10-5-3-9(7-11)4-6-10/h4-6,8H,7H2,1-3H3;3-6,8H,7H2,1-2H3. The van der Waals surface area contributed by atoms with Crippen LogP contribution in [0.5, 0.6) is 5.75 Å². The minimum atomic E-state index is 0.554. The van der Waals surface area contributed by atoms with Crippen LogP contribution in [0, 0.1) is 0 Å². The van der Waals surface area contributed by atoms with Crippen molar-refractivity contribution in [3.63, 3.8) is 0 Å². The molecule has 24 heavy (non-hydrogen) atoms. The number of hydrogen-bond acceptors (Lipinski definition) is 1. The summed E-state index contributed by atoms with van der Waals surface area (Å²) in [6.45, 7) is 8.79. The van der Waals surface area contributed by atoms with Gasteiger partial charge in [0.2, 0.25) is 0 Å². The van der Waals surface area contributed by atoms with E-state index < -0.39 is 0 Å². The number of rotatable bonds is 5. The normalized spacial score (nSPS) is 10.5. The first-order valence-electron chi connectivity index (χ1n) is 8.30. The Morgan fingerprint density at radius 2 is 1.33 bits per heavy atom. The van der Waals surface area contributed by atoms with Crippen LogP contribution in [0.25, 0.3) is 0 Å². The maximum absolute atomic E-state index is 5.30. The smallest absolute Gasteiger partial charge is 0.123 e. The van der Waals surface area contributed by atoms with E-state index in [2.05, 4.69) is 102 Å². The molecular weight excluding hydrogens is 428 g/mol. The third-order valence-corrected chi connectivity index (χ3v) is 5.17. The van der Waals surface area contributed by atoms with Crippen LogP contribution in [0.15, 0.2) is 42.5 Å². The fraction of sp³-hybridized carbons (Fsp3) is 0.429. The molecule has 0 unspecified atom stereocenters. The fourth-order valence-corrected chi connectivity index (χ4v) is 3.06. The van der Waals surface area contributed by atoms with Gasteiger partial charge in [0.15, 0.2) is 0 Å². The first kappa shape index (κ1) is 21.2. The highest BCUT2D eigenvalue weighted by Gasteiger charge is 2.05. The quantitative estimate of drug-likeness (QED) is 0.426. The molecule has 2 aromatic carbocycles. The molecule has 0 radical (unpaired) electrons. The van der Waals surface area contributed by atoms with Crippen LogP contribution in [0.1, 0.15) is 61.8 Å². The third kappa shape index (κ3) is 6.60. The molecule has 0 N–H and O–H groups in total. The van der Waals surface area contributed by atoms with Gasteiger partial charge in [0.25, 0.3) is 0 Å². The van der Waals surface area contributed by atoms with Gasteiger partial charge in [-0.1, -0.05) is 96.0 Å². The average Bonchev–Trinajstić information content (AvgIpc) is 2.61. The van der Waals surface area contributed by atoms with Crippen LogP contribution in [0.3, 0.4) is 0 Å². The Hall–Kier alpha value is -0.800. The molecule has 0 fully saturated rings. The van der Waals surface area contributed by atoms with Crippen molar-refractivity contribution in [1.29, 1.82) is 0 Å². The van der Waals surface area contributed by atoms with Gasteiger partial charge in [0.05, 0.1) is 7.11 Å². The fourth-order valence-electron chi connectivity index (χ4n) is 2.22. The maximum Gasteiger partial charge on any atom is 0.123 e. The minimum Gasteiger partial charge on any atom is -0.496 e. The van der Waals surface area contributed by atoms with Gasteiger partial charge in [-0.05, 0) is 34.6 Å². The Kier molecular flexibility index (Phi) is 9.68. The molecule has 0 saturated heterocycles. The van der Waals surface area contributed by atoms with E-state index in [0.29, 0.717) is 11.8 Å². The molecule has 0 bridgehead atoms. The molecule has 2 rings (SSSR count). The first-order chi connectivity index (χ1) is 11.4. The Morgan fingerprint density at radius 1 is 0.792 bits per heavy atom. The summed E-state index contributed by atoms with van der Waals surface area (Å²) in [6, 6.07) is 15.1. The molecule has 0 aliphatic carbocycles. The molecule has 0 spiro atoms. The highest BCUT2D eigenvalue weighted by Crippen LogP contribution is 2.26. The molecule has 0 aliphatic rings. The van der Waals surface area contributed by atoms with Crippen LogP contribution >= 0.6 is 31.9 Å². The number of methoxy groups -OCH3 is 1. The summed E-state index contributed by atoms with van der Waals surface area (Å²) in [6.07, 6.45) is 0. The lowest BCUT2D eigenvalue weighted by Gasteiger charge is -2.10. The van der Waals surface area contributed by atoms with Gasteiger partial charge in [-0.25, -0.2) is 0 Å². The van der Waals surface area contributed by atoms with Crippen LogP contribution in [-0.4, -0.2) is 7.11 Å². The molecule has 0 aliphatic heterocycles. The Balaban J connectivity index is 0.000000243. The van der Waals surface area contributed by atoms with E-state index in [9.17, 15) is 0 Å².